The van der Waals surface area contributed by atoms with Gasteiger partial charge in [0.05, 0.1) is 5.69 Å². The Hall–Kier alpha value is -3.86. The molecule has 0 radical (unpaired) electrons. The van der Waals surface area contributed by atoms with Crippen LogP contribution in [0.5, 0.6) is 0 Å². The highest BCUT2D eigenvalue weighted by Crippen LogP contribution is 2.48. The molecule has 5 aromatic rings. The summed E-state index contributed by atoms with van der Waals surface area (Å²) in [6.45, 7) is 4.30. The average Bonchev–Trinajstić information content (AvgIpc) is 3.29. The Labute approximate surface area is 174 Å². The van der Waals surface area contributed by atoms with Crippen LogP contribution in [-0.4, -0.2) is 16.1 Å². The van der Waals surface area contributed by atoms with E-state index in [0.717, 1.165) is 50.5 Å². The molecule has 3 aromatic carbocycles. The third-order valence-corrected chi connectivity index (χ3v) is 5.86. The highest BCUT2D eigenvalue weighted by atomic mass is 16.3. The second kappa shape index (κ2) is 6.32. The lowest BCUT2D eigenvalue weighted by atomic mass is 10.1. The SMILES string of the molecule is Cc1ccc2c(oc3ccccc32)c1N1c2nccnc2N(c2ccccc2)C1C. The summed E-state index contributed by atoms with van der Waals surface area (Å²) >= 11 is 0. The smallest absolute Gasteiger partial charge is 0.178 e. The van der Waals surface area contributed by atoms with Gasteiger partial charge in [0.15, 0.2) is 17.2 Å². The first kappa shape index (κ1) is 17.0. The van der Waals surface area contributed by atoms with Gasteiger partial charge in [-0.15, -0.1) is 0 Å². The fraction of sp³-hybridized carbons (Fsp3) is 0.120. The van der Waals surface area contributed by atoms with Crippen LogP contribution >= 0.6 is 0 Å². The lowest BCUT2D eigenvalue weighted by Gasteiger charge is -2.30. The first-order valence-electron chi connectivity index (χ1n) is 10.1. The van der Waals surface area contributed by atoms with Crippen LogP contribution in [0.15, 0.2) is 83.5 Å². The first-order chi connectivity index (χ1) is 14.7. The number of aryl methyl sites for hydroxylation is 1. The monoisotopic (exact) mass is 392 g/mol. The molecule has 5 nitrogen and oxygen atoms in total. The zero-order valence-corrected chi connectivity index (χ0v) is 16.8. The van der Waals surface area contributed by atoms with Crippen LogP contribution in [-0.2, 0) is 0 Å². The third-order valence-electron chi connectivity index (χ3n) is 5.86. The molecular weight excluding hydrogens is 372 g/mol. The summed E-state index contributed by atoms with van der Waals surface area (Å²) in [5.74, 6) is 1.69. The van der Waals surface area contributed by atoms with Crippen molar-refractivity contribution >= 4 is 44.9 Å². The molecule has 2 aromatic heterocycles. The first-order valence-corrected chi connectivity index (χ1v) is 10.1. The molecule has 1 atom stereocenters. The van der Waals surface area contributed by atoms with Crippen molar-refractivity contribution in [2.24, 2.45) is 0 Å². The van der Waals surface area contributed by atoms with E-state index in [1.54, 1.807) is 12.4 Å². The van der Waals surface area contributed by atoms with Crippen LogP contribution in [0.4, 0.5) is 23.0 Å². The molecule has 0 saturated heterocycles. The van der Waals surface area contributed by atoms with Crippen molar-refractivity contribution in [1.82, 2.24) is 9.97 Å². The number of hydrogen-bond acceptors (Lipinski definition) is 5. The van der Waals surface area contributed by atoms with Gasteiger partial charge in [-0.05, 0) is 37.6 Å². The number of nitrogens with zero attached hydrogens (tertiary/aromatic N) is 4. The zero-order valence-electron chi connectivity index (χ0n) is 16.8. The van der Waals surface area contributed by atoms with Gasteiger partial charge in [0.2, 0.25) is 0 Å². The Morgan fingerprint density at radius 1 is 0.767 bits per heavy atom. The molecule has 146 valence electrons. The minimum absolute atomic E-state index is 0.0117. The van der Waals surface area contributed by atoms with E-state index in [4.69, 9.17) is 9.40 Å². The third kappa shape index (κ3) is 2.29. The molecule has 5 heteroatoms. The maximum absolute atomic E-state index is 6.37. The Bertz CT molecular complexity index is 1390. The molecule has 0 N–H and O–H groups in total. The predicted molar refractivity (Wildman–Crippen MR) is 121 cm³/mol. The van der Waals surface area contributed by atoms with E-state index in [-0.39, 0.29) is 6.17 Å². The molecule has 0 amide bonds. The summed E-state index contributed by atoms with van der Waals surface area (Å²) in [6, 6.07) is 22.8. The topological polar surface area (TPSA) is 45.4 Å². The zero-order chi connectivity index (χ0) is 20.2. The van der Waals surface area contributed by atoms with Crippen molar-refractivity contribution < 1.29 is 4.42 Å². The van der Waals surface area contributed by atoms with Gasteiger partial charge in [-0.2, -0.15) is 0 Å². The molecule has 0 fully saturated rings. The quantitative estimate of drug-likeness (QED) is 0.352. The molecule has 30 heavy (non-hydrogen) atoms. The fourth-order valence-corrected chi connectivity index (χ4v) is 4.52. The molecular formula is C25H20N4O. The maximum atomic E-state index is 6.37. The van der Waals surface area contributed by atoms with Crippen molar-refractivity contribution in [3.8, 4) is 0 Å². The molecule has 1 unspecified atom stereocenters. The van der Waals surface area contributed by atoms with Crippen LogP contribution < -0.4 is 9.80 Å². The molecule has 0 saturated carbocycles. The summed E-state index contributed by atoms with van der Waals surface area (Å²) in [5, 5.41) is 2.24. The van der Waals surface area contributed by atoms with Crippen molar-refractivity contribution in [1.29, 1.82) is 0 Å². The maximum Gasteiger partial charge on any atom is 0.178 e. The Kier molecular flexibility index (Phi) is 3.59. The van der Waals surface area contributed by atoms with E-state index in [9.17, 15) is 0 Å². The molecule has 1 aliphatic heterocycles. The van der Waals surface area contributed by atoms with Gasteiger partial charge in [-0.3, -0.25) is 4.90 Å². The van der Waals surface area contributed by atoms with E-state index in [0.29, 0.717) is 0 Å². The van der Waals surface area contributed by atoms with E-state index in [2.05, 4.69) is 59.0 Å². The summed E-state index contributed by atoms with van der Waals surface area (Å²) in [4.78, 5) is 13.9. The standard InChI is InChI=1S/C25H20N4O/c1-16-12-13-20-19-10-6-7-11-21(19)30-23(20)22(16)29-17(2)28(18-8-4-3-5-9-18)24-25(29)27-15-14-26-24/h3-15,17H,1-2H3. The van der Waals surface area contributed by atoms with E-state index in [1.165, 1.54) is 0 Å². The Balaban J connectivity index is 1.63. The summed E-state index contributed by atoms with van der Waals surface area (Å²) in [6.07, 6.45) is 3.49. The van der Waals surface area contributed by atoms with Gasteiger partial charge in [-0.1, -0.05) is 48.5 Å². The van der Waals surface area contributed by atoms with Crippen molar-refractivity contribution in [2.45, 2.75) is 20.0 Å². The second-order valence-electron chi connectivity index (χ2n) is 7.62. The highest BCUT2D eigenvalue weighted by molar-refractivity contribution is 6.10. The molecule has 0 bridgehead atoms. The summed E-state index contributed by atoms with van der Waals surface area (Å²) < 4.78 is 6.37. The van der Waals surface area contributed by atoms with E-state index < -0.39 is 0 Å². The largest absolute Gasteiger partial charge is 0.454 e. The molecule has 0 aliphatic carbocycles. The molecule has 0 spiro atoms. The number of para-hydroxylation sites is 2. The lowest BCUT2D eigenvalue weighted by Crippen LogP contribution is -2.36. The van der Waals surface area contributed by atoms with Gasteiger partial charge < -0.3 is 9.32 Å². The van der Waals surface area contributed by atoms with Gasteiger partial charge in [-0.25, -0.2) is 9.97 Å². The van der Waals surface area contributed by atoms with Crippen LogP contribution in [0.2, 0.25) is 0 Å². The second-order valence-corrected chi connectivity index (χ2v) is 7.62. The van der Waals surface area contributed by atoms with E-state index >= 15 is 0 Å². The number of benzene rings is 3. The van der Waals surface area contributed by atoms with Crippen LogP contribution in [0, 0.1) is 6.92 Å². The van der Waals surface area contributed by atoms with Gasteiger partial charge in [0, 0.05) is 28.9 Å². The van der Waals surface area contributed by atoms with Gasteiger partial charge in [0.25, 0.3) is 0 Å². The fourth-order valence-electron chi connectivity index (χ4n) is 4.52. The van der Waals surface area contributed by atoms with E-state index in [1.807, 2.05) is 36.4 Å². The lowest BCUT2D eigenvalue weighted by molar-refractivity contribution is 0.662. The van der Waals surface area contributed by atoms with Crippen molar-refractivity contribution in [3.63, 3.8) is 0 Å². The number of fused-ring (bicyclic) bond motifs is 4. The predicted octanol–water partition coefficient (Wildman–Crippen LogP) is 6.32. The minimum Gasteiger partial charge on any atom is -0.454 e. The number of aromatic nitrogens is 2. The Morgan fingerprint density at radius 3 is 2.27 bits per heavy atom. The Morgan fingerprint density at radius 2 is 1.47 bits per heavy atom. The number of rotatable bonds is 2. The minimum atomic E-state index is -0.0117. The van der Waals surface area contributed by atoms with Crippen LogP contribution in [0.25, 0.3) is 21.9 Å². The van der Waals surface area contributed by atoms with Crippen molar-refractivity contribution in [2.75, 3.05) is 9.80 Å². The average molecular weight is 392 g/mol. The van der Waals surface area contributed by atoms with Gasteiger partial charge >= 0.3 is 0 Å². The molecule has 3 heterocycles. The summed E-state index contributed by atoms with van der Waals surface area (Å²) in [5.41, 5.74) is 5.04. The van der Waals surface area contributed by atoms with Gasteiger partial charge in [0.1, 0.15) is 11.7 Å². The normalized spacial score (nSPS) is 15.9. The number of anilines is 4. The van der Waals surface area contributed by atoms with Crippen LogP contribution in [0.3, 0.4) is 0 Å². The van der Waals surface area contributed by atoms with Crippen molar-refractivity contribution in [3.05, 3.63) is 84.7 Å². The number of hydrogen-bond donors (Lipinski definition) is 0. The number of furan rings is 1. The summed E-state index contributed by atoms with van der Waals surface area (Å²) in [7, 11) is 0. The highest BCUT2D eigenvalue weighted by Gasteiger charge is 2.39. The molecule has 1 aliphatic rings. The van der Waals surface area contributed by atoms with Crippen LogP contribution in [0.1, 0.15) is 12.5 Å². The molecule has 6 rings (SSSR count).